The molecule has 0 spiro atoms. The summed E-state index contributed by atoms with van der Waals surface area (Å²) < 4.78 is 0. The van der Waals surface area contributed by atoms with Gasteiger partial charge in [-0.25, -0.2) is 0 Å². The van der Waals surface area contributed by atoms with Crippen molar-refractivity contribution in [3.05, 3.63) is 35.9 Å². The van der Waals surface area contributed by atoms with Gasteiger partial charge >= 0.3 is 0 Å². The van der Waals surface area contributed by atoms with Gasteiger partial charge in [-0.2, -0.15) is 5.10 Å². The van der Waals surface area contributed by atoms with Crippen molar-refractivity contribution in [2.24, 2.45) is 5.10 Å². The number of nitrogens with zero attached hydrogens (tertiary/aromatic N) is 1. The van der Waals surface area contributed by atoms with Crippen molar-refractivity contribution in [1.82, 2.24) is 10.7 Å². The molecule has 5 heteroatoms. The standard InChI is InChI=1S/C17H26ClN3S/c1-2-3-4-8-14-19-17(22)21-20-16(12-9-13-18)15-10-6-5-7-11-15/h5-7,10-11H,2-4,8-9,12-14H2,1H3,(H2,19,21,22)/b20-16+. The number of alkyl halides is 1. The molecule has 0 aromatic heterocycles. The third-order valence-corrected chi connectivity index (χ3v) is 3.77. The van der Waals surface area contributed by atoms with Gasteiger partial charge in [-0.05, 0) is 37.0 Å². The number of benzene rings is 1. The number of hydrogen-bond acceptors (Lipinski definition) is 2. The zero-order chi connectivity index (χ0) is 16.0. The number of hydrogen-bond donors (Lipinski definition) is 2. The molecule has 0 saturated carbocycles. The summed E-state index contributed by atoms with van der Waals surface area (Å²) in [4.78, 5) is 0. The molecule has 0 radical (unpaired) electrons. The lowest BCUT2D eigenvalue weighted by atomic mass is 10.1. The van der Waals surface area contributed by atoms with Crippen molar-refractivity contribution in [2.75, 3.05) is 12.4 Å². The third kappa shape index (κ3) is 8.35. The Hall–Kier alpha value is -1.13. The highest BCUT2D eigenvalue weighted by atomic mass is 35.5. The Bertz CT molecular complexity index is 448. The number of rotatable bonds is 10. The zero-order valence-corrected chi connectivity index (χ0v) is 14.8. The highest BCUT2D eigenvalue weighted by Crippen LogP contribution is 2.07. The van der Waals surface area contributed by atoms with Crippen LogP contribution < -0.4 is 10.7 Å². The molecule has 122 valence electrons. The van der Waals surface area contributed by atoms with Crippen LogP contribution in [-0.4, -0.2) is 23.2 Å². The first-order chi connectivity index (χ1) is 10.8. The molecule has 22 heavy (non-hydrogen) atoms. The monoisotopic (exact) mass is 339 g/mol. The Labute approximate surface area is 144 Å². The Morgan fingerprint density at radius 3 is 2.59 bits per heavy atom. The van der Waals surface area contributed by atoms with Gasteiger partial charge in [-0.3, -0.25) is 5.43 Å². The normalized spacial score (nSPS) is 11.3. The molecule has 0 amide bonds. The molecule has 0 unspecified atom stereocenters. The van der Waals surface area contributed by atoms with Crippen LogP contribution in [0.4, 0.5) is 0 Å². The molecular weight excluding hydrogens is 314 g/mol. The van der Waals surface area contributed by atoms with Crippen LogP contribution in [0.5, 0.6) is 0 Å². The molecule has 3 nitrogen and oxygen atoms in total. The van der Waals surface area contributed by atoms with Crippen LogP contribution in [0.25, 0.3) is 0 Å². The first kappa shape index (κ1) is 18.9. The molecule has 0 fully saturated rings. The Balaban J connectivity index is 2.45. The summed E-state index contributed by atoms with van der Waals surface area (Å²) in [6.07, 6.45) is 6.62. The lowest BCUT2D eigenvalue weighted by molar-refractivity contribution is 0.651. The first-order valence-corrected chi connectivity index (χ1v) is 8.94. The van der Waals surface area contributed by atoms with Crippen molar-refractivity contribution in [2.45, 2.75) is 45.4 Å². The second kappa shape index (κ2) is 12.4. The molecule has 0 aliphatic heterocycles. The summed E-state index contributed by atoms with van der Waals surface area (Å²) in [5, 5.41) is 8.22. The maximum atomic E-state index is 5.79. The number of unbranched alkanes of at least 4 members (excludes halogenated alkanes) is 3. The maximum absolute atomic E-state index is 5.79. The van der Waals surface area contributed by atoms with Gasteiger partial charge in [0.15, 0.2) is 5.11 Å². The minimum atomic E-state index is 0.579. The van der Waals surface area contributed by atoms with Crippen LogP contribution in [0.1, 0.15) is 51.0 Å². The smallest absolute Gasteiger partial charge is 0.186 e. The fraction of sp³-hybridized carbons (Fsp3) is 0.529. The van der Waals surface area contributed by atoms with Crippen molar-refractivity contribution in [3.63, 3.8) is 0 Å². The van der Waals surface area contributed by atoms with Gasteiger partial charge < -0.3 is 5.32 Å². The predicted molar refractivity (Wildman–Crippen MR) is 101 cm³/mol. The van der Waals surface area contributed by atoms with Crippen molar-refractivity contribution >= 4 is 34.6 Å². The van der Waals surface area contributed by atoms with Gasteiger partial charge in [-0.1, -0.05) is 56.5 Å². The molecule has 1 aromatic carbocycles. The second-order valence-corrected chi connectivity index (χ2v) is 5.93. The van der Waals surface area contributed by atoms with E-state index in [-0.39, 0.29) is 0 Å². The van der Waals surface area contributed by atoms with E-state index in [4.69, 9.17) is 23.8 Å². The van der Waals surface area contributed by atoms with Crippen LogP contribution in [0.2, 0.25) is 0 Å². The molecule has 0 atom stereocenters. The first-order valence-electron chi connectivity index (χ1n) is 7.99. The maximum Gasteiger partial charge on any atom is 0.186 e. The van der Waals surface area contributed by atoms with Crippen LogP contribution in [0.3, 0.4) is 0 Å². The molecule has 0 aliphatic rings. The van der Waals surface area contributed by atoms with Crippen LogP contribution in [0, 0.1) is 0 Å². The van der Waals surface area contributed by atoms with E-state index in [1.54, 1.807) is 0 Å². The van der Waals surface area contributed by atoms with E-state index < -0.39 is 0 Å². The molecular formula is C17H26ClN3S. The molecule has 2 N–H and O–H groups in total. The van der Waals surface area contributed by atoms with Gasteiger partial charge in [-0.15, -0.1) is 11.6 Å². The molecule has 0 aliphatic carbocycles. The largest absolute Gasteiger partial charge is 0.361 e. The second-order valence-electron chi connectivity index (χ2n) is 5.15. The molecule has 0 saturated heterocycles. The van der Waals surface area contributed by atoms with E-state index >= 15 is 0 Å². The zero-order valence-electron chi connectivity index (χ0n) is 13.3. The van der Waals surface area contributed by atoms with Crippen LogP contribution in [0.15, 0.2) is 35.4 Å². The topological polar surface area (TPSA) is 36.4 Å². The Morgan fingerprint density at radius 2 is 1.91 bits per heavy atom. The lowest BCUT2D eigenvalue weighted by Crippen LogP contribution is -2.33. The third-order valence-electron chi connectivity index (χ3n) is 3.26. The Kier molecular flexibility index (Phi) is 10.7. The van der Waals surface area contributed by atoms with E-state index in [1.807, 2.05) is 18.2 Å². The fourth-order valence-corrected chi connectivity index (χ4v) is 2.32. The van der Waals surface area contributed by atoms with E-state index in [9.17, 15) is 0 Å². The SMILES string of the molecule is CCCCCCNC(=S)N/N=C(\CCCCl)c1ccccc1. The summed E-state index contributed by atoms with van der Waals surface area (Å²) in [6, 6.07) is 10.1. The van der Waals surface area contributed by atoms with E-state index in [2.05, 4.69) is 34.9 Å². The van der Waals surface area contributed by atoms with Crippen molar-refractivity contribution in [1.29, 1.82) is 0 Å². The Morgan fingerprint density at radius 1 is 1.14 bits per heavy atom. The molecule has 1 aromatic rings. The number of halogens is 1. The summed E-state index contributed by atoms with van der Waals surface area (Å²) in [7, 11) is 0. The van der Waals surface area contributed by atoms with Crippen molar-refractivity contribution in [3.8, 4) is 0 Å². The number of thiocarbonyl (C=S) groups is 1. The molecule has 0 heterocycles. The summed E-state index contributed by atoms with van der Waals surface area (Å²) in [6.45, 7) is 3.10. The summed E-state index contributed by atoms with van der Waals surface area (Å²) in [5.41, 5.74) is 5.03. The van der Waals surface area contributed by atoms with Crippen LogP contribution >= 0.6 is 23.8 Å². The predicted octanol–water partition coefficient (Wildman–Crippen LogP) is 4.45. The molecule has 1 rings (SSSR count). The summed E-state index contributed by atoms with van der Waals surface area (Å²) in [5.74, 6) is 0.631. The minimum absolute atomic E-state index is 0.579. The van der Waals surface area contributed by atoms with Crippen molar-refractivity contribution < 1.29 is 0 Å². The fourth-order valence-electron chi connectivity index (χ4n) is 2.04. The minimum Gasteiger partial charge on any atom is -0.361 e. The van der Waals surface area contributed by atoms with Gasteiger partial charge in [0.25, 0.3) is 0 Å². The number of hydrazone groups is 1. The van der Waals surface area contributed by atoms with E-state index in [1.165, 1.54) is 19.3 Å². The van der Waals surface area contributed by atoms with Gasteiger partial charge in [0.05, 0.1) is 5.71 Å². The molecule has 0 bridgehead atoms. The summed E-state index contributed by atoms with van der Waals surface area (Å²) >= 11 is 11.0. The van der Waals surface area contributed by atoms with Crippen LogP contribution in [-0.2, 0) is 0 Å². The van der Waals surface area contributed by atoms with E-state index in [0.29, 0.717) is 11.0 Å². The lowest BCUT2D eigenvalue weighted by Gasteiger charge is -2.10. The number of nitrogens with one attached hydrogen (secondary N) is 2. The van der Waals surface area contributed by atoms with Gasteiger partial charge in [0.1, 0.15) is 0 Å². The highest BCUT2D eigenvalue weighted by molar-refractivity contribution is 7.80. The van der Waals surface area contributed by atoms with Gasteiger partial charge in [0, 0.05) is 12.4 Å². The van der Waals surface area contributed by atoms with E-state index in [0.717, 1.165) is 37.1 Å². The van der Waals surface area contributed by atoms with Gasteiger partial charge in [0.2, 0.25) is 0 Å². The average molecular weight is 340 g/mol. The quantitative estimate of drug-likeness (QED) is 0.217. The average Bonchev–Trinajstić information content (AvgIpc) is 2.55. The highest BCUT2D eigenvalue weighted by Gasteiger charge is 2.03.